The molecule has 3 aromatic rings. The molecular weight excluding hydrogens is 628 g/mol. The van der Waals surface area contributed by atoms with Crippen LogP contribution in [0.2, 0.25) is 10.0 Å². The minimum absolute atomic E-state index is 0.128. The number of alkyl halides is 2. The average Bonchev–Trinajstić information content (AvgIpc) is 3.40. The van der Waals surface area contributed by atoms with E-state index in [1.807, 2.05) is 0 Å². The van der Waals surface area contributed by atoms with Gasteiger partial charge in [0.2, 0.25) is 5.91 Å². The van der Waals surface area contributed by atoms with Gasteiger partial charge in [-0.2, -0.15) is 0 Å². The molecule has 0 aliphatic heterocycles. The summed E-state index contributed by atoms with van der Waals surface area (Å²) in [4.78, 5) is 36.8. The van der Waals surface area contributed by atoms with Crippen LogP contribution in [0.3, 0.4) is 0 Å². The number of anilines is 3. The van der Waals surface area contributed by atoms with Gasteiger partial charge >= 0.3 is 6.09 Å². The van der Waals surface area contributed by atoms with Crippen LogP contribution in [0.15, 0.2) is 59.1 Å². The van der Waals surface area contributed by atoms with Crippen LogP contribution in [0.25, 0.3) is 0 Å². The molecule has 7 nitrogen and oxygen atoms in total. The van der Waals surface area contributed by atoms with Crippen molar-refractivity contribution in [3.05, 3.63) is 85.8 Å². The smallest absolute Gasteiger partial charge is 0.409 e. The maximum atomic E-state index is 13.0. The molecule has 37 heavy (non-hydrogen) atoms. The van der Waals surface area contributed by atoms with Gasteiger partial charge in [0.15, 0.2) is 0 Å². The van der Waals surface area contributed by atoms with Crippen LogP contribution in [0.1, 0.15) is 27.4 Å². The van der Waals surface area contributed by atoms with E-state index in [0.29, 0.717) is 32.1 Å². The summed E-state index contributed by atoms with van der Waals surface area (Å²) in [7, 11) is 0. The number of benzene rings is 3. The van der Waals surface area contributed by atoms with E-state index in [1.54, 1.807) is 43.3 Å². The fraction of sp³-hybridized carbons (Fsp3) is 0.160. The van der Waals surface area contributed by atoms with Gasteiger partial charge in [-0.05, 0) is 82.5 Å². The molecule has 2 atom stereocenters. The summed E-state index contributed by atoms with van der Waals surface area (Å²) in [6.45, 7) is 1.72. The number of carbonyl (C=O) groups is 3. The second-order valence-corrected chi connectivity index (χ2v) is 11.5. The van der Waals surface area contributed by atoms with Crippen LogP contribution < -0.4 is 16.0 Å². The Hall–Kier alpha value is -2.49. The topological polar surface area (TPSA) is 108 Å². The molecule has 0 radical (unpaired) electrons. The van der Waals surface area contributed by atoms with Crippen LogP contribution in [0, 0.1) is 12.8 Å². The summed E-state index contributed by atoms with van der Waals surface area (Å²) >= 11 is 28.6. The van der Waals surface area contributed by atoms with Gasteiger partial charge in [0.05, 0.1) is 21.5 Å². The molecule has 1 saturated carbocycles. The van der Waals surface area contributed by atoms with Crippen LogP contribution in [0.5, 0.6) is 0 Å². The molecule has 3 aromatic carbocycles. The maximum Gasteiger partial charge on any atom is 0.409 e. The van der Waals surface area contributed by atoms with E-state index in [1.165, 1.54) is 18.2 Å². The molecule has 0 aromatic heterocycles. The van der Waals surface area contributed by atoms with E-state index in [2.05, 4.69) is 31.9 Å². The number of nitrogens with one attached hydrogen (secondary N) is 3. The highest BCUT2D eigenvalue weighted by Crippen LogP contribution is 2.65. The second kappa shape index (κ2) is 10.7. The van der Waals surface area contributed by atoms with E-state index in [9.17, 15) is 14.4 Å². The first kappa shape index (κ1) is 27.5. The Morgan fingerprint density at radius 2 is 1.54 bits per heavy atom. The van der Waals surface area contributed by atoms with Crippen molar-refractivity contribution < 1.29 is 19.5 Å². The Balaban J connectivity index is 1.48. The van der Waals surface area contributed by atoms with Gasteiger partial charge in [-0.3, -0.25) is 14.9 Å². The highest BCUT2D eigenvalue weighted by Gasteiger charge is 2.67. The zero-order valence-corrected chi connectivity index (χ0v) is 23.5. The van der Waals surface area contributed by atoms with Gasteiger partial charge in [0.1, 0.15) is 4.33 Å². The minimum atomic E-state index is -1.30. The summed E-state index contributed by atoms with van der Waals surface area (Å²) in [5, 5.41) is 17.3. The Bertz CT molecular complexity index is 1430. The van der Waals surface area contributed by atoms with E-state index in [0.717, 1.165) is 5.56 Å². The Labute approximate surface area is 240 Å². The Morgan fingerprint density at radius 3 is 2.19 bits per heavy atom. The van der Waals surface area contributed by atoms with E-state index in [-0.39, 0.29) is 10.6 Å². The molecular formula is C25H18BrCl4N3O4. The van der Waals surface area contributed by atoms with Gasteiger partial charge in [-0.1, -0.05) is 29.3 Å². The summed E-state index contributed by atoms with van der Waals surface area (Å²) in [6, 6.07) is 14.4. The van der Waals surface area contributed by atoms with E-state index in [4.69, 9.17) is 51.5 Å². The number of carbonyl (C=O) groups excluding carboxylic acids is 2. The number of amides is 3. The summed E-state index contributed by atoms with van der Waals surface area (Å²) < 4.78 is -0.637. The fourth-order valence-corrected chi connectivity index (χ4v) is 5.51. The van der Waals surface area contributed by atoms with Crippen LogP contribution in [-0.2, 0) is 4.79 Å². The number of hydrogen-bond acceptors (Lipinski definition) is 3. The van der Waals surface area contributed by atoms with Crippen LogP contribution in [-0.4, -0.2) is 27.3 Å². The number of rotatable bonds is 6. The SMILES string of the molecule is Cc1cc(NC(=O)O)ccc1NC(=O)c1cc(NC(=O)[C@H]2[C@H](c3ccc(Cl)c(Br)c3)C2(Cl)Cl)ccc1Cl. The van der Waals surface area contributed by atoms with Crippen LogP contribution >= 0.6 is 62.3 Å². The summed E-state index contributed by atoms with van der Waals surface area (Å²) in [6.07, 6.45) is -1.19. The summed E-state index contributed by atoms with van der Waals surface area (Å²) in [5.41, 5.74) is 2.69. The lowest BCUT2D eigenvalue weighted by Crippen LogP contribution is -2.18. The Morgan fingerprint density at radius 1 is 0.892 bits per heavy atom. The molecule has 1 aliphatic rings. The zero-order chi connectivity index (χ0) is 27.1. The third-order valence-corrected chi connectivity index (χ3v) is 8.33. The van der Waals surface area contributed by atoms with Crippen molar-refractivity contribution in [1.29, 1.82) is 0 Å². The maximum absolute atomic E-state index is 13.0. The van der Waals surface area contributed by atoms with Crippen molar-refractivity contribution >= 4 is 97.3 Å². The predicted octanol–water partition coefficient (Wildman–Crippen LogP) is 7.93. The first-order chi connectivity index (χ1) is 17.4. The molecule has 4 rings (SSSR count). The monoisotopic (exact) mass is 643 g/mol. The number of aryl methyl sites for hydroxylation is 1. The van der Waals surface area contributed by atoms with Crippen molar-refractivity contribution in [1.82, 2.24) is 0 Å². The van der Waals surface area contributed by atoms with Crippen molar-refractivity contribution in [3.63, 3.8) is 0 Å². The van der Waals surface area contributed by atoms with E-state index < -0.39 is 34.1 Å². The highest BCUT2D eigenvalue weighted by molar-refractivity contribution is 9.10. The highest BCUT2D eigenvalue weighted by atomic mass is 79.9. The van der Waals surface area contributed by atoms with Crippen molar-refractivity contribution in [2.24, 2.45) is 5.92 Å². The lowest BCUT2D eigenvalue weighted by atomic mass is 10.1. The lowest BCUT2D eigenvalue weighted by Gasteiger charge is -2.12. The largest absolute Gasteiger partial charge is 0.465 e. The Kier molecular flexibility index (Phi) is 7.97. The molecule has 1 aliphatic carbocycles. The molecule has 0 unspecified atom stereocenters. The van der Waals surface area contributed by atoms with Gasteiger partial charge in [-0.15, -0.1) is 23.2 Å². The van der Waals surface area contributed by atoms with Gasteiger partial charge < -0.3 is 15.7 Å². The third-order valence-electron chi connectivity index (χ3n) is 5.84. The molecule has 0 heterocycles. The molecule has 4 N–H and O–H groups in total. The fourth-order valence-electron chi connectivity index (χ4n) is 3.97. The van der Waals surface area contributed by atoms with Crippen molar-refractivity contribution in [3.8, 4) is 0 Å². The van der Waals surface area contributed by atoms with E-state index >= 15 is 0 Å². The molecule has 1 fully saturated rings. The molecule has 0 spiro atoms. The molecule has 0 bridgehead atoms. The van der Waals surface area contributed by atoms with Crippen LogP contribution in [0.4, 0.5) is 21.9 Å². The van der Waals surface area contributed by atoms with Crippen molar-refractivity contribution in [2.45, 2.75) is 17.2 Å². The molecule has 12 heteroatoms. The normalized spacial score (nSPS) is 17.6. The molecule has 3 amide bonds. The average molecular weight is 646 g/mol. The van der Waals surface area contributed by atoms with Gasteiger partial charge in [0.25, 0.3) is 5.91 Å². The third kappa shape index (κ3) is 5.99. The lowest BCUT2D eigenvalue weighted by molar-refractivity contribution is -0.117. The molecule has 192 valence electrons. The van der Waals surface area contributed by atoms with Gasteiger partial charge in [0, 0.05) is 27.5 Å². The summed E-state index contributed by atoms with van der Waals surface area (Å²) in [5.74, 6) is -2.09. The van der Waals surface area contributed by atoms with Crippen molar-refractivity contribution in [2.75, 3.05) is 16.0 Å². The predicted molar refractivity (Wildman–Crippen MR) is 151 cm³/mol. The first-order valence-corrected chi connectivity index (χ1v) is 13.0. The number of halogens is 5. The quantitative estimate of drug-likeness (QED) is 0.204. The second-order valence-electron chi connectivity index (χ2n) is 8.40. The zero-order valence-electron chi connectivity index (χ0n) is 18.9. The number of carboxylic acid groups (broad SMARTS) is 1. The minimum Gasteiger partial charge on any atom is -0.465 e. The molecule has 0 saturated heterocycles. The number of hydrogen-bond donors (Lipinski definition) is 4. The van der Waals surface area contributed by atoms with Gasteiger partial charge in [-0.25, -0.2) is 4.79 Å². The first-order valence-electron chi connectivity index (χ1n) is 10.7. The standard InChI is InChI=1S/C25H18BrCl4N3O4/c1-11-8-13(32-24(36)37)4-7-19(11)33-22(34)15-10-14(3-6-17(15)27)31-23(35)21-20(25(21,29)30)12-2-5-18(28)16(26)9-12/h2-10,20-21,32H,1H3,(H,31,35)(H,33,34)(H,36,37)/t20-,21+/m0/s1.